The predicted octanol–water partition coefficient (Wildman–Crippen LogP) is 1.09. The zero-order valence-corrected chi connectivity index (χ0v) is 9.50. The summed E-state index contributed by atoms with van der Waals surface area (Å²) >= 11 is 0. The molecule has 1 N–H and O–H groups in total. The number of carbonyl (C=O) groups excluding carboxylic acids is 2. The minimum atomic E-state index is -0.402. The zero-order chi connectivity index (χ0) is 11.5. The lowest BCUT2D eigenvalue weighted by Crippen LogP contribution is -2.46. The summed E-state index contributed by atoms with van der Waals surface area (Å²) in [5.74, 6) is 0.218. The monoisotopic (exact) mass is 214 g/mol. The molecule has 0 radical (unpaired) electrons. The van der Waals surface area contributed by atoms with Gasteiger partial charge in [0.1, 0.15) is 5.78 Å². The number of likely N-dealkylation sites (tertiary alicyclic amines) is 1. The van der Waals surface area contributed by atoms with Crippen molar-refractivity contribution in [2.45, 2.75) is 39.2 Å². The fourth-order valence-corrected chi connectivity index (χ4v) is 1.22. The Labute approximate surface area is 89.7 Å². The molecule has 86 valence electrons. The Hall–Kier alpha value is -1.10. The van der Waals surface area contributed by atoms with Gasteiger partial charge in [-0.2, -0.15) is 0 Å². The van der Waals surface area contributed by atoms with Crippen molar-refractivity contribution >= 4 is 11.8 Å². The van der Waals surface area contributed by atoms with Gasteiger partial charge in [0.2, 0.25) is 0 Å². The minimum absolute atomic E-state index is 0.218. The molecule has 0 saturated carbocycles. The summed E-state index contributed by atoms with van der Waals surface area (Å²) in [7, 11) is 0. The summed E-state index contributed by atoms with van der Waals surface area (Å²) in [5, 5.41) is 0. The standard InChI is InChI=1S/C10H18N2O3/c1-10(2,3)15-11-9(14)12-6-4-8(13)5-7-12/h4-7H2,1-3H3,(H,11,14). The van der Waals surface area contributed by atoms with Crippen LogP contribution in [-0.2, 0) is 9.63 Å². The van der Waals surface area contributed by atoms with Crippen LogP contribution >= 0.6 is 0 Å². The molecule has 5 heteroatoms. The van der Waals surface area contributed by atoms with Crippen molar-refractivity contribution in [1.82, 2.24) is 10.4 Å². The number of rotatable bonds is 1. The largest absolute Gasteiger partial charge is 0.341 e. The average molecular weight is 214 g/mol. The van der Waals surface area contributed by atoms with Crippen LogP contribution in [0.2, 0.25) is 0 Å². The number of hydroxylamine groups is 1. The van der Waals surface area contributed by atoms with Crippen LogP contribution in [0.5, 0.6) is 0 Å². The van der Waals surface area contributed by atoms with Crippen molar-refractivity contribution in [3.8, 4) is 0 Å². The first-order chi connectivity index (χ1) is 6.88. The van der Waals surface area contributed by atoms with Crippen LogP contribution in [0.4, 0.5) is 4.79 Å². The molecule has 0 aromatic rings. The number of nitrogens with one attached hydrogen (secondary N) is 1. The Morgan fingerprint density at radius 3 is 2.33 bits per heavy atom. The molecule has 0 atom stereocenters. The van der Waals surface area contributed by atoms with Crippen molar-refractivity contribution < 1.29 is 14.4 Å². The second-order valence-corrected chi connectivity index (χ2v) is 4.65. The second-order valence-electron chi connectivity index (χ2n) is 4.65. The lowest BCUT2D eigenvalue weighted by atomic mass is 10.1. The Bertz CT molecular complexity index is 248. The molecular formula is C10H18N2O3. The molecule has 0 spiro atoms. The summed E-state index contributed by atoms with van der Waals surface area (Å²) < 4.78 is 0. The lowest BCUT2D eigenvalue weighted by molar-refractivity contribution is -0.121. The molecule has 1 aliphatic rings. The van der Waals surface area contributed by atoms with Gasteiger partial charge in [0.15, 0.2) is 0 Å². The van der Waals surface area contributed by atoms with Crippen molar-refractivity contribution in [3.63, 3.8) is 0 Å². The van der Waals surface area contributed by atoms with E-state index in [1.54, 1.807) is 4.90 Å². The van der Waals surface area contributed by atoms with Gasteiger partial charge in [-0.1, -0.05) is 0 Å². The van der Waals surface area contributed by atoms with Crippen molar-refractivity contribution in [2.75, 3.05) is 13.1 Å². The van der Waals surface area contributed by atoms with Crippen molar-refractivity contribution in [3.05, 3.63) is 0 Å². The fraction of sp³-hybridized carbons (Fsp3) is 0.800. The van der Waals surface area contributed by atoms with Gasteiger partial charge < -0.3 is 4.90 Å². The Kier molecular flexibility index (Phi) is 3.68. The SMILES string of the molecule is CC(C)(C)ONC(=O)N1CCC(=O)CC1. The van der Waals surface area contributed by atoms with Crippen LogP contribution in [-0.4, -0.2) is 35.4 Å². The van der Waals surface area contributed by atoms with Crippen LogP contribution in [0.3, 0.4) is 0 Å². The number of piperidine rings is 1. The van der Waals surface area contributed by atoms with Crippen LogP contribution in [0.1, 0.15) is 33.6 Å². The number of urea groups is 1. The molecule has 0 unspecified atom stereocenters. The summed E-state index contributed by atoms with van der Waals surface area (Å²) in [6.07, 6.45) is 0.895. The molecule has 1 saturated heterocycles. The maximum atomic E-state index is 11.5. The number of hydrogen-bond donors (Lipinski definition) is 1. The molecule has 15 heavy (non-hydrogen) atoms. The molecule has 0 aromatic heterocycles. The highest BCUT2D eigenvalue weighted by molar-refractivity contribution is 5.82. The first-order valence-electron chi connectivity index (χ1n) is 5.13. The topological polar surface area (TPSA) is 58.6 Å². The molecule has 5 nitrogen and oxygen atoms in total. The second kappa shape index (κ2) is 4.61. The summed E-state index contributed by atoms with van der Waals surface area (Å²) in [4.78, 5) is 29.2. The third-order valence-electron chi connectivity index (χ3n) is 2.05. The van der Waals surface area contributed by atoms with Gasteiger partial charge in [0.05, 0.1) is 5.60 Å². The first kappa shape index (κ1) is 12.0. The summed E-state index contributed by atoms with van der Waals surface area (Å²) in [6, 6.07) is -0.266. The molecule has 1 aliphatic heterocycles. The van der Waals surface area contributed by atoms with E-state index in [1.165, 1.54) is 0 Å². The van der Waals surface area contributed by atoms with Gasteiger partial charge >= 0.3 is 6.03 Å². The van der Waals surface area contributed by atoms with E-state index in [2.05, 4.69) is 5.48 Å². The Morgan fingerprint density at radius 2 is 1.87 bits per heavy atom. The van der Waals surface area contributed by atoms with Gasteiger partial charge in [0.25, 0.3) is 0 Å². The number of ketones is 1. The first-order valence-corrected chi connectivity index (χ1v) is 5.13. The van der Waals surface area contributed by atoms with E-state index < -0.39 is 5.60 Å². The molecule has 2 amide bonds. The number of hydrogen-bond acceptors (Lipinski definition) is 3. The van der Waals surface area contributed by atoms with Crippen LogP contribution < -0.4 is 5.48 Å². The lowest BCUT2D eigenvalue weighted by Gasteiger charge is -2.27. The van der Waals surface area contributed by atoms with E-state index in [0.29, 0.717) is 25.9 Å². The van der Waals surface area contributed by atoms with Crippen molar-refractivity contribution in [2.24, 2.45) is 0 Å². The van der Waals surface area contributed by atoms with Gasteiger partial charge in [-0.15, -0.1) is 0 Å². The third-order valence-corrected chi connectivity index (χ3v) is 2.05. The highest BCUT2D eigenvalue weighted by Gasteiger charge is 2.22. The van der Waals surface area contributed by atoms with Gasteiger partial charge in [-0.05, 0) is 20.8 Å². The van der Waals surface area contributed by atoms with Crippen LogP contribution in [0.25, 0.3) is 0 Å². The predicted molar refractivity (Wildman–Crippen MR) is 55.2 cm³/mol. The van der Waals surface area contributed by atoms with Gasteiger partial charge in [-0.3, -0.25) is 9.63 Å². The zero-order valence-electron chi connectivity index (χ0n) is 9.50. The van der Waals surface area contributed by atoms with E-state index in [-0.39, 0.29) is 11.8 Å². The maximum absolute atomic E-state index is 11.5. The number of Topliss-reactive ketones (excluding diaryl/α,β-unsaturated/α-hetero) is 1. The molecule has 1 heterocycles. The highest BCUT2D eigenvalue weighted by atomic mass is 16.7. The number of carbonyl (C=O) groups is 2. The number of nitrogens with zero attached hydrogens (tertiary/aromatic N) is 1. The van der Waals surface area contributed by atoms with Crippen LogP contribution in [0, 0.1) is 0 Å². The normalized spacial score (nSPS) is 17.8. The number of amides is 2. The van der Waals surface area contributed by atoms with Crippen molar-refractivity contribution in [1.29, 1.82) is 0 Å². The summed E-state index contributed by atoms with van der Waals surface area (Å²) in [5.41, 5.74) is 1.98. The van der Waals surface area contributed by atoms with E-state index in [1.807, 2.05) is 20.8 Å². The van der Waals surface area contributed by atoms with Crippen LogP contribution in [0.15, 0.2) is 0 Å². The smallest absolute Gasteiger partial charge is 0.322 e. The maximum Gasteiger partial charge on any atom is 0.341 e. The molecule has 0 aliphatic carbocycles. The van der Waals surface area contributed by atoms with Gasteiger partial charge in [0, 0.05) is 25.9 Å². The van der Waals surface area contributed by atoms with E-state index in [4.69, 9.17) is 4.84 Å². The van der Waals surface area contributed by atoms with E-state index in [9.17, 15) is 9.59 Å². The molecule has 1 rings (SSSR count). The highest BCUT2D eigenvalue weighted by Crippen LogP contribution is 2.07. The average Bonchev–Trinajstić information content (AvgIpc) is 2.14. The Balaban J connectivity index is 2.31. The fourth-order valence-electron chi connectivity index (χ4n) is 1.22. The van der Waals surface area contributed by atoms with Gasteiger partial charge in [-0.25, -0.2) is 10.3 Å². The Morgan fingerprint density at radius 1 is 1.33 bits per heavy atom. The summed E-state index contributed by atoms with van der Waals surface area (Å²) in [6.45, 7) is 6.53. The quantitative estimate of drug-likeness (QED) is 0.665. The third kappa shape index (κ3) is 4.29. The molecule has 1 fully saturated rings. The molecular weight excluding hydrogens is 196 g/mol. The molecule has 0 aromatic carbocycles. The van der Waals surface area contributed by atoms with E-state index >= 15 is 0 Å². The van der Waals surface area contributed by atoms with E-state index in [0.717, 1.165) is 0 Å². The minimum Gasteiger partial charge on any atom is -0.322 e. The molecule has 0 bridgehead atoms.